The zero-order chi connectivity index (χ0) is 12.6. The van der Waals surface area contributed by atoms with E-state index in [-0.39, 0.29) is 22.4 Å². The van der Waals surface area contributed by atoms with E-state index in [4.69, 9.17) is 0 Å². The van der Waals surface area contributed by atoms with E-state index in [0.717, 1.165) is 6.42 Å². The minimum atomic E-state index is -0.133. The van der Waals surface area contributed by atoms with Crippen LogP contribution in [0.3, 0.4) is 0 Å². The van der Waals surface area contributed by atoms with E-state index < -0.39 is 0 Å². The Morgan fingerprint density at radius 3 is 2.29 bits per heavy atom. The van der Waals surface area contributed by atoms with E-state index in [2.05, 4.69) is 22.7 Å². The topological polar surface area (TPSA) is 70.2 Å². The summed E-state index contributed by atoms with van der Waals surface area (Å²) in [5.41, 5.74) is 5.87. The van der Waals surface area contributed by atoms with Gasteiger partial charge in [0.1, 0.15) is 0 Å². The normalized spacial score (nSPS) is 9.41. The van der Waals surface area contributed by atoms with Gasteiger partial charge in [0.15, 0.2) is 0 Å². The number of carbonyl (C=O) groups is 2. The van der Waals surface area contributed by atoms with Gasteiger partial charge in [0.25, 0.3) is 0 Å². The molecule has 0 heterocycles. The molecule has 0 saturated carbocycles. The van der Waals surface area contributed by atoms with E-state index >= 15 is 0 Å². The van der Waals surface area contributed by atoms with Crippen molar-refractivity contribution in [2.75, 3.05) is 13.1 Å². The third-order valence-electron chi connectivity index (χ3n) is 1.89. The van der Waals surface area contributed by atoms with Crippen molar-refractivity contribution in [2.24, 2.45) is 5.92 Å². The number of nitrogens with one attached hydrogen (secondary N) is 3. The van der Waals surface area contributed by atoms with Gasteiger partial charge in [-0.05, 0) is 13.3 Å². The third-order valence-corrected chi connectivity index (χ3v) is 1.89. The van der Waals surface area contributed by atoms with Crippen LogP contribution in [0.1, 0.15) is 27.2 Å². The standard InChI is InChI=1S/C11H21N3O2.FH/c1-8(2)10(15)12-6-5-7-13-14-11(16)9(3)4;/h9,13H,1,5-7H2,2-4H3,(H,12,15)(H,14,16);1H. The zero-order valence-corrected chi connectivity index (χ0v) is 10.6. The summed E-state index contributed by atoms with van der Waals surface area (Å²) in [5, 5.41) is 2.70. The van der Waals surface area contributed by atoms with Crippen LogP contribution in [0.25, 0.3) is 0 Å². The number of hydrazine groups is 1. The Labute approximate surface area is 101 Å². The highest BCUT2D eigenvalue weighted by atomic mass is 19.0. The molecule has 0 atom stereocenters. The van der Waals surface area contributed by atoms with Crippen molar-refractivity contribution in [3.05, 3.63) is 12.2 Å². The second-order valence-electron chi connectivity index (χ2n) is 3.96. The zero-order valence-electron chi connectivity index (χ0n) is 10.6. The molecule has 0 rings (SSSR count). The number of hydrogen-bond acceptors (Lipinski definition) is 3. The number of carbonyl (C=O) groups excluding carboxylic acids is 2. The molecule has 0 bridgehead atoms. The van der Waals surface area contributed by atoms with Crippen LogP contribution in [0.4, 0.5) is 4.70 Å². The number of halogens is 1. The molecule has 0 aromatic carbocycles. The van der Waals surface area contributed by atoms with Crippen LogP contribution in [-0.2, 0) is 9.59 Å². The second kappa shape index (κ2) is 9.77. The van der Waals surface area contributed by atoms with E-state index in [1.807, 2.05) is 13.8 Å². The largest absolute Gasteiger partial charge is 0.352 e. The summed E-state index contributed by atoms with van der Waals surface area (Å²) < 4.78 is 0. The number of amides is 2. The maximum Gasteiger partial charge on any atom is 0.246 e. The first kappa shape index (κ1) is 17.9. The van der Waals surface area contributed by atoms with Crippen LogP contribution in [0.2, 0.25) is 0 Å². The van der Waals surface area contributed by atoms with Gasteiger partial charge in [0.05, 0.1) is 0 Å². The monoisotopic (exact) mass is 247 g/mol. The van der Waals surface area contributed by atoms with Gasteiger partial charge in [-0.25, -0.2) is 5.43 Å². The van der Waals surface area contributed by atoms with Crippen molar-refractivity contribution in [3.8, 4) is 0 Å². The van der Waals surface area contributed by atoms with Crippen LogP contribution >= 0.6 is 0 Å². The Kier molecular flexibility index (Phi) is 10.3. The maximum absolute atomic E-state index is 11.1. The minimum absolute atomic E-state index is 0. The van der Waals surface area contributed by atoms with E-state index in [1.54, 1.807) is 6.92 Å². The Morgan fingerprint density at radius 2 is 1.82 bits per heavy atom. The first-order chi connectivity index (χ1) is 7.45. The molecule has 3 N–H and O–H groups in total. The lowest BCUT2D eigenvalue weighted by Crippen LogP contribution is -2.41. The first-order valence-electron chi connectivity index (χ1n) is 5.41. The number of rotatable bonds is 7. The summed E-state index contributed by atoms with van der Waals surface area (Å²) in [6.07, 6.45) is 0.747. The molecule has 6 heteroatoms. The average molecular weight is 247 g/mol. The third kappa shape index (κ3) is 9.50. The van der Waals surface area contributed by atoms with Gasteiger partial charge < -0.3 is 5.32 Å². The van der Waals surface area contributed by atoms with E-state index in [0.29, 0.717) is 18.7 Å². The molecule has 0 aromatic heterocycles. The molecule has 0 aliphatic carbocycles. The highest BCUT2D eigenvalue weighted by molar-refractivity contribution is 5.91. The molecule has 0 aromatic rings. The molecule has 0 spiro atoms. The highest BCUT2D eigenvalue weighted by Gasteiger charge is 2.04. The molecule has 17 heavy (non-hydrogen) atoms. The average Bonchev–Trinajstić information content (AvgIpc) is 2.21. The quantitative estimate of drug-likeness (QED) is 0.348. The molecular weight excluding hydrogens is 225 g/mol. The summed E-state index contributed by atoms with van der Waals surface area (Å²) in [7, 11) is 0. The molecule has 0 unspecified atom stereocenters. The summed E-state index contributed by atoms with van der Waals surface area (Å²) >= 11 is 0. The molecule has 0 fully saturated rings. The Bertz CT molecular complexity index is 267. The summed E-state index contributed by atoms with van der Waals surface area (Å²) in [6.45, 7) is 10.0. The van der Waals surface area contributed by atoms with Crippen molar-refractivity contribution < 1.29 is 14.3 Å². The van der Waals surface area contributed by atoms with Gasteiger partial charge in [0, 0.05) is 24.6 Å². The summed E-state index contributed by atoms with van der Waals surface area (Å²) in [4.78, 5) is 22.2. The first-order valence-corrected chi connectivity index (χ1v) is 5.41. The molecule has 0 aliphatic rings. The SMILES string of the molecule is C=C(C)C(=O)NCCCNNC(=O)C(C)C.F. The van der Waals surface area contributed by atoms with E-state index in [1.165, 1.54) is 0 Å². The van der Waals surface area contributed by atoms with Gasteiger partial charge in [-0.3, -0.25) is 19.7 Å². The maximum atomic E-state index is 11.1. The van der Waals surface area contributed by atoms with Gasteiger partial charge in [0.2, 0.25) is 11.8 Å². The smallest absolute Gasteiger partial charge is 0.246 e. The van der Waals surface area contributed by atoms with Gasteiger partial charge >= 0.3 is 0 Å². The lowest BCUT2D eigenvalue weighted by atomic mass is 10.2. The fourth-order valence-electron chi connectivity index (χ4n) is 0.824. The van der Waals surface area contributed by atoms with Gasteiger partial charge in [-0.1, -0.05) is 20.4 Å². The van der Waals surface area contributed by atoms with Crippen LogP contribution in [0.5, 0.6) is 0 Å². The molecule has 0 radical (unpaired) electrons. The Morgan fingerprint density at radius 1 is 1.24 bits per heavy atom. The molecular formula is C11H22FN3O2. The van der Waals surface area contributed by atoms with Crippen molar-refractivity contribution in [1.82, 2.24) is 16.2 Å². The van der Waals surface area contributed by atoms with Gasteiger partial charge in [-0.15, -0.1) is 0 Å². The summed E-state index contributed by atoms with van der Waals surface area (Å²) in [5.74, 6) is -0.201. The fourth-order valence-corrected chi connectivity index (χ4v) is 0.824. The summed E-state index contributed by atoms with van der Waals surface area (Å²) in [6, 6.07) is 0. The Hall–Kier alpha value is -1.43. The molecule has 5 nitrogen and oxygen atoms in total. The van der Waals surface area contributed by atoms with Crippen molar-refractivity contribution in [3.63, 3.8) is 0 Å². The molecule has 2 amide bonds. The lowest BCUT2D eigenvalue weighted by Gasteiger charge is -2.09. The van der Waals surface area contributed by atoms with E-state index in [9.17, 15) is 9.59 Å². The molecule has 0 aliphatic heterocycles. The second-order valence-corrected chi connectivity index (χ2v) is 3.96. The Balaban J connectivity index is 0. The molecule has 0 saturated heterocycles. The predicted molar refractivity (Wildman–Crippen MR) is 65.9 cm³/mol. The van der Waals surface area contributed by atoms with Crippen LogP contribution < -0.4 is 16.2 Å². The van der Waals surface area contributed by atoms with Crippen LogP contribution in [0, 0.1) is 5.92 Å². The fraction of sp³-hybridized carbons (Fsp3) is 0.636. The van der Waals surface area contributed by atoms with Crippen molar-refractivity contribution in [1.29, 1.82) is 0 Å². The van der Waals surface area contributed by atoms with Crippen LogP contribution in [-0.4, -0.2) is 24.9 Å². The van der Waals surface area contributed by atoms with Crippen molar-refractivity contribution in [2.45, 2.75) is 27.2 Å². The highest BCUT2D eigenvalue weighted by Crippen LogP contribution is 1.88. The molecule has 100 valence electrons. The lowest BCUT2D eigenvalue weighted by molar-refractivity contribution is -0.125. The van der Waals surface area contributed by atoms with Crippen LogP contribution in [0.15, 0.2) is 12.2 Å². The van der Waals surface area contributed by atoms with Crippen molar-refractivity contribution >= 4 is 11.8 Å². The number of hydrogen-bond donors (Lipinski definition) is 3. The minimum Gasteiger partial charge on any atom is -0.352 e. The van der Waals surface area contributed by atoms with Gasteiger partial charge in [-0.2, -0.15) is 0 Å². The predicted octanol–water partition coefficient (Wildman–Crippen LogP) is 0.498.